The van der Waals surface area contributed by atoms with E-state index >= 15 is 0 Å². The van der Waals surface area contributed by atoms with Gasteiger partial charge >= 0.3 is 0 Å². The van der Waals surface area contributed by atoms with E-state index < -0.39 is 4.92 Å². The van der Waals surface area contributed by atoms with Crippen LogP contribution in [0.2, 0.25) is 0 Å². The summed E-state index contributed by atoms with van der Waals surface area (Å²) in [5, 5.41) is 14.8. The van der Waals surface area contributed by atoms with Gasteiger partial charge in [-0.1, -0.05) is 35.5 Å². The van der Waals surface area contributed by atoms with Gasteiger partial charge in [-0.2, -0.15) is 0 Å². The molecular formula is C22H20N2O5. The first kappa shape index (κ1) is 19.9. The molecule has 7 nitrogen and oxygen atoms in total. The van der Waals surface area contributed by atoms with Crippen molar-refractivity contribution < 1.29 is 19.2 Å². The topological polar surface area (TPSA) is 83.2 Å². The highest BCUT2D eigenvalue weighted by Crippen LogP contribution is 2.18. The van der Waals surface area contributed by atoms with Crippen LogP contribution in [0.3, 0.4) is 0 Å². The normalized spacial score (nSPS) is 11.0. The average molecular weight is 392 g/mol. The Labute approximate surface area is 168 Å². The molecule has 0 N–H and O–H groups in total. The molecule has 148 valence electrons. The highest BCUT2D eigenvalue weighted by molar-refractivity contribution is 6.12. The first-order valence-corrected chi connectivity index (χ1v) is 8.94. The number of ether oxygens (including phenoxy) is 2. The minimum absolute atomic E-state index is 0.0283. The van der Waals surface area contributed by atoms with Gasteiger partial charge in [-0.3, -0.25) is 10.1 Å². The molecule has 0 radical (unpaired) electrons. The fraction of sp³-hybridized carbons (Fsp3) is 0.136. The number of benzene rings is 3. The van der Waals surface area contributed by atoms with E-state index in [0.29, 0.717) is 24.7 Å². The molecule has 0 spiro atoms. The molecule has 0 fully saturated rings. The van der Waals surface area contributed by atoms with Gasteiger partial charge in [0, 0.05) is 23.3 Å². The number of nitro groups is 1. The fourth-order valence-electron chi connectivity index (χ4n) is 2.65. The summed E-state index contributed by atoms with van der Waals surface area (Å²) in [6.07, 6.45) is 0. The number of oxime groups is 1. The van der Waals surface area contributed by atoms with Crippen LogP contribution in [0.4, 0.5) is 5.69 Å². The van der Waals surface area contributed by atoms with Crippen molar-refractivity contribution in [2.24, 2.45) is 5.16 Å². The summed E-state index contributed by atoms with van der Waals surface area (Å²) in [7, 11) is 1.52. The maximum Gasteiger partial charge on any atom is 0.269 e. The molecular weight excluding hydrogens is 372 g/mol. The standard InChI is InChI=1S/C22H20N2O5/c1-27-23-22(17-5-3-2-4-6-17)18-7-11-20(12-8-18)28-15-16-29-21-13-9-19(10-14-21)24(25)26/h2-14H,15-16H2,1H3/b23-22-. The van der Waals surface area contributed by atoms with Crippen molar-refractivity contribution in [2.75, 3.05) is 20.3 Å². The predicted octanol–water partition coefficient (Wildman–Crippen LogP) is 4.45. The maximum atomic E-state index is 10.6. The first-order chi connectivity index (χ1) is 14.2. The minimum atomic E-state index is -0.447. The van der Waals surface area contributed by atoms with Crippen LogP contribution in [0.15, 0.2) is 84.0 Å². The largest absolute Gasteiger partial charge is 0.490 e. The Kier molecular flexibility index (Phi) is 6.78. The molecule has 7 heteroatoms. The van der Waals surface area contributed by atoms with Crippen molar-refractivity contribution in [1.29, 1.82) is 0 Å². The van der Waals surface area contributed by atoms with Gasteiger partial charge in [0.05, 0.1) is 4.92 Å². The molecule has 0 amide bonds. The monoisotopic (exact) mass is 392 g/mol. The number of rotatable bonds is 9. The zero-order valence-corrected chi connectivity index (χ0v) is 15.9. The molecule has 3 aromatic rings. The summed E-state index contributed by atoms with van der Waals surface area (Å²) < 4.78 is 11.2. The summed E-state index contributed by atoms with van der Waals surface area (Å²) in [6.45, 7) is 0.661. The summed E-state index contributed by atoms with van der Waals surface area (Å²) in [6, 6.07) is 23.3. The molecule has 0 saturated carbocycles. The van der Waals surface area contributed by atoms with Crippen LogP contribution in [-0.4, -0.2) is 31.0 Å². The number of non-ortho nitro benzene ring substituents is 1. The van der Waals surface area contributed by atoms with E-state index in [1.807, 2.05) is 54.6 Å². The fourth-order valence-corrected chi connectivity index (χ4v) is 2.65. The van der Waals surface area contributed by atoms with Crippen LogP contribution in [0.5, 0.6) is 11.5 Å². The molecule has 0 aliphatic carbocycles. The Morgan fingerprint density at radius 1 is 0.828 bits per heavy atom. The van der Waals surface area contributed by atoms with E-state index in [9.17, 15) is 10.1 Å². The highest BCUT2D eigenvalue weighted by Gasteiger charge is 2.08. The van der Waals surface area contributed by atoms with Crippen LogP contribution in [0, 0.1) is 10.1 Å². The van der Waals surface area contributed by atoms with Gasteiger partial charge in [-0.15, -0.1) is 0 Å². The SMILES string of the molecule is CO/N=C(/c1ccccc1)c1ccc(OCCOc2ccc([N+](=O)[O-])cc2)cc1. The quantitative estimate of drug-likeness (QED) is 0.232. The maximum absolute atomic E-state index is 10.6. The van der Waals surface area contributed by atoms with Crippen LogP contribution >= 0.6 is 0 Å². The van der Waals surface area contributed by atoms with Gasteiger partial charge in [-0.05, 0) is 36.4 Å². The Morgan fingerprint density at radius 3 is 1.86 bits per heavy atom. The third-order valence-corrected chi connectivity index (χ3v) is 4.03. The summed E-state index contributed by atoms with van der Waals surface area (Å²) in [4.78, 5) is 15.2. The minimum Gasteiger partial charge on any atom is -0.490 e. The second kappa shape index (κ2) is 9.89. The van der Waals surface area contributed by atoms with E-state index in [1.54, 1.807) is 12.1 Å². The van der Waals surface area contributed by atoms with Crippen LogP contribution in [0.1, 0.15) is 11.1 Å². The summed E-state index contributed by atoms with van der Waals surface area (Å²) >= 11 is 0. The Bertz CT molecular complexity index is 955. The smallest absolute Gasteiger partial charge is 0.269 e. The van der Waals surface area contributed by atoms with Crippen molar-refractivity contribution in [3.8, 4) is 11.5 Å². The van der Waals surface area contributed by atoms with Crippen LogP contribution in [-0.2, 0) is 4.84 Å². The van der Waals surface area contributed by atoms with Crippen molar-refractivity contribution in [1.82, 2.24) is 0 Å². The van der Waals surface area contributed by atoms with Gasteiger partial charge in [0.2, 0.25) is 0 Å². The van der Waals surface area contributed by atoms with Crippen molar-refractivity contribution >= 4 is 11.4 Å². The third kappa shape index (κ3) is 5.55. The highest BCUT2D eigenvalue weighted by atomic mass is 16.6. The lowest BCUT2D eigenvalue weighted by Gasteiger charge is -2.10. The molecule has 0 aliphatic rings. The van der Waals surface area contributed by atoms with Crippen LogP contribution in [0.25, 0.3) is 0 Å². The Hall–Kier alpha value is -3.87. The first-order valence-electron chi connectivity index (χ1n) is 8.94. The molecule has 3 aromatic carbocycles. The lowest BCUT2D eigenvalue weighted by molar-refractivity contribution is -0.384. The molecule has 29 heavy (non-hydrogen) atoms. The van der Waals surface area contributed by atoms with Gasteiger partial charge in [0.15, 0.2) is 0 Å². The van der Waals surface area contributed by atoms with Crippen molar-refractivity contribution in [3.63, 3.8) is 0 Å². The van der Waals surface area contributed by atoms with Gasteiger partial charge < -0.3 is 14.3 Å². The number of nitro benzene ring substituents is 1. The summed E-state index contributed by atoms with van der Waals surface area (Å²) in [5.74, 6) is 1.25. The van der Waals surface area contributed by atoms with E-state index in [1.165, 1.54) is 19.2 Å². The molecule has 0 aromatic heterocycles. The number of hydrogen-bond acceptors (Lipinski definition) is 6. The molecule has 0 atom stereocenters. The molecule has 0 saturated heterocycles. The van der Waals surface area contributed by atoms with Crippen LogP contribution < -0.4 is 9.47 Å². The lowest BCUT2D eigenvalue weighted by Crippen LogP contribution is -2.09. The molecule has 0 heterocycles. The predicted molar refractivity (Wildman–Crippen MR) is 110 cm³/mol. The average Bonchev–Trinajstić information content (AvgIpc) is 2.76. The Balaban J connectivity index is 1.54. The van der Waals surface area contributed by atoms with E-state index in [0.717, 1.165) is 16.8 Å². The van der Waals surface area contributed by atoms with E-state index in [2.05, 4.69) is 5.16 Å². The van der Waals surface area contributed by atoms with Gasteiger partial charge in [0.1, 0.15) is 37.5 Å². The molecule has 0 unspecified atom stereocenters. The number of nitrogens with zero attached hydrogens (tertiary/aromatic N) is 2. The molecule has 0 aliphatic heterocycles. The lowest BCUT2D eigenvalue weighted by atomic mass is 10.0. The number of hydrogen-bond donors (Lipinski definition) is 0. The van der Waals surface area contributed by atoms with Crippen molar-refractivity contribution in [3.05, 3.63) is 100 Å². The van der Waals surface area contributed by atoms with E-state index in [-0.39, 0.29) is 5.69 Å². The second-order valence-electron chi connectivity index (χ2n) is 5.96. The third-order valence-electron chi connectivity index (χ3n) is 4.03. The van der Waals surface area contributed by atoms with Gasteiger partial charge in [-0.25, -0.2) is 0 Å². The van der Waals surface area contributed by atoms with Gasteiger partial charge in [0.25, 0.3) is 5.69 Å². The van der Waals surface area contributed by atoms with E-state index in [4.69, 9.17) is 14.3 Å². The zero-order chi connectivity index (χ0) is 20.5. The zero-order valence-electron chi connectivity index (χ0n) is 15.9. The molecule has 3 rings (SSSR count). The summed E-state index contributed by atoms with van der Waals surface area (Å²) in [5.41, 5.74) is 2.63. The van der Waals surface area contributed by atoms with Crippen molar-refractivity contribution in [2.45, 2.75) is 0 Å². The Morgan fingerprint density at radius 2 is 1.34 bits per heavy atom. The molecule has 0 bridgehead atoms. The second-order valence-corrected chi connectivity index (χ2v) is 5.96.